The molecule has 19 nitrogen and oxygen atoms in total. The van der Waals surface area contributed by atoms with Gasteiger partial charge in [0, 0.05) is 68.6 Å². The molecule has 1 aliphatic rings. The van der Waals surface area contributed by atoms with Gasteiger partial charge < -0.3 is 35.7 Å². The topological polar surface area (TPSA) is 258 Å². The van der Waals surface area contributed by atoms with Gasteiger partial charge in [-0.2, -0.15) is 10.1 Å². The van der Waals surface area contributed by atoms with Gasteiger partial charge in [-0.25, -0.2) is 24.6 Å². The van der Waals surface area contributed by atoms with Crippen LogP contribution in [0.5, 0.6) is 0 Å². The van der Waals surface area contributed by atoms with Gasteiger partial charge in [-0.1, -0.05) is 5.11 Å². The summed E-state index contributed by atoms with van der Waals surface area (Å²) in [6.45, 7) is 3.79. The number of nitrogens with zero attached hydrogens (tertiary/aromatic N) is 12. The summed E-state index contributed by atoms with van der Waals surface area (Å²) in [4.78, 5) is 52.6. The summed E-state index contributed by atoms with van der Waals surface area (Å²) in [6, 6.07) is 5.57. The lowest BCUT2D eigenvalue weighted by Gasteiger charge is -2.34. The zero-order valence-corrected chi connectivity index (χ0v) is 26.6. The maximum Gasteiger partial charge on any atom is 0.292 e. The number of oxazole rings is 1. The number of ether oxygens (including phenoxy) is 1. The lowest BCUT2D eigenvalue weighted by atomic mass is 10.1. The highest BCUT2D eigenvalue weighted by Crippen LogP contribution is 2.32. The highest BCUT2D eigenvalue weighted by Gasteiger charge is 2.22. The molecule has 5 aromatic rings. The number of hydrogen-bond acceptors (Lipinski definition) is 14. The van der Waals surface area contributed by atoms with Crippen LogP contribution in [0.3, 0.4) is 0 Å². The Morgan fingerprint density at radius 2 is 1.84 bits per heavy atom. The molecule has 0 bridgehead atoms. The molecular weight excluding hydrogens is 634 g/mol. The van der Waals surface area contributed by atoms with Crippen molar-refractivity contribution in [2.75, 3.05) is 62.3 Å². The van der Waals surface area contributed by atoms with Gasteiger partial charge in [-0.05, 0) is 36.6 Å². The molecule has 1 saturated heterocycles. The van der Waals surface area contributed by atoms with Gasteiger partial charge in [0.25, 0.3) is 6.01 Å². The van der Waals surface area contributed by atoms with Crippen molar-refractivity contribution in [3.63, 3.8) is 0 Å². The molecule has 19 heteroatoms. The van der Waals surface area contributed by atoms with Crippen molar-refractivity contribution in [1.29, 1.82) is 0 Å². The van der Waals surface area contributed by atoms with E-state index < -0.39 is 0 Å². The summed E-state index contributed by atoms with van der Waals surface area (Å²) < 4.78 is 12.7. The quantitative estimate of drug-likeness (QED) is 0.0665. The SMILES string of the molecule is [N-]=[N+]=Nc1cnc(N2CCN(C(=O)CCOCCC(=O)NCCCCn3nc(-c4ccc5oc(N)nc5c4)c4c(N)ncnc43)CC2)nc1. The number of unbranched alkanes of at least 4 members (excludes halogenated alkanes) is 1. The van der Waals surface area contributed by atoms with Crippen LogP contribution in [0.1, 0.15) is 25.7 Å². The molecule has 0 atom stereocenters. The third-order valence-electron chi connectivity index (χ3n) is 7.99. The molecule has 1 fully saturated rings. The van der Waals surface area contributed by atoms with Crippen molar-refractivity contribution in [2.45, 2.75) is 32.2 Å². The summed E-state index contributed by atoms with van der Waals surface area (Å²) in [6.07, 6.45) is 6.25. The van der Waals surface area contributed by atoms with Gasteiger partial charge in [0.15, 0.2) is 11.2 Å². The minimum absolute atomic E-state index is 0.00354. The average molecular weight is 670 g/mol. The zero-order valence-electron chi connectivity index (χ0n) is 26.6. The van der Waals surface area contributed by atoms with E-state index in [2.05, 4.69) is 40.3 Å². The number of amides is 2. The number of aryl methyl sites for hydroxylation is 1. The first kappa shape index (κ1) is 32.9. The zero-order chi connectivity index (χ0) is 34.2. The third-order valence-corrected chi connectivity index (χ3v) is 7.99. The first-order chi connectivity index (χ1) is 23.9. The Kier molecular flexibility index (Phi) is 10.2. The standard InChI is InChI=1S/C30H35N15O4/c31-27-25-26(19-3-4-22-21(15-19)39-29(32)49-22)41-45(28(25)38-18-37-27)8-2-1-7-34-23(46)5-13-48-14-6-24(47)43-9-11-44(12-10-43)30-35-16-20(17-36-30)40-42-33/h3-4,15-18H,1-2,5-14H2,(H2,32,39)(H,34,46)(H2,31,37,38). The monoisotopic (exact) mass is 669 g/mol. The van der Waals surface area contributed by atoms with Crippen LogP contribution in [-0.2, 0) is 20.9 Å². The molecule has 2 amide bonds. The fraction of sp³-hybridized carbons (Fsp3) is 0.400. The van der Waals surface area contributed by atoms with E-state index in [1.807, 2.05) is 17.0 Å². The Bertz CT molecular complexity index is 1980. The average Bonchev–Trinajstić information content (AvgIpc) is 3.68. The number of benzene rings is 1. The second kappa shape index (κ2) is 15.2. The number of fused-ring (bicyclic) bond motifs is 2. The van der Waals surface area contributed by atoms with E-state index in [1.54, 1.807) is 15.6 Å². The van der Waals surface area contributed by atoms with Crippen molar-refractivity contribution in [1.82, 2.24) is 44.9 Å². The number of carbonyl (C=O) groups is 2. The van der Waals surface area contributed by atoms with Gasteiger partial charge in [0.05, 0.1) is 30.7 Å². The fourth-order valence-corrected chi connectivity index (χ4v) is 5.51. The smallest absolute Gasteiger partial charge is 0.292 e. The predicted octanol–water partition coefficient (Wildman–Crippen LogP) is 2.57. The number of nitrogens with one attached hydrogen (secondary N) is 1. The number of azide groups is 1. The van der Waals surface area contributed by atoms with E-state index >= 15 is 0 Å². The van der Waals surface area contributed by atoms with E-state index in [4.69, 9.17) is 31.3 Å². The molecule has 5 heterocycles. The minimum atomic E-state index is -0.117. The number of nitrogens with two attached hydrogens (primary N) is 2. The van der Waals surface area contributed by atoms with Gasteiger partial charge >= 0.3 is 0 Å². The van der Waals surface area contributed by atoms with Crippen LogP contribution in [0, 0.1) is 0 Å². The molecule has 5 N–H and O–H groups in total. The molecule has 0 unspecified atom stereocenters. The second-order valence-electron chi connectivity index (χ2n) is 11.2. The van der Waals surface area contributed by atoms with Gasteiger partial charge in [0.2, 0.25) is 17.8 Å². The van der Waals surface area contributed by atoms with E-state index in [0.29, 0.717) is 84.5 Å². The number of carbonyl (C=O) groups excluding carboxylic acids is 2. The number of nitrogen functional groups attached to an aromatic ring is 2. The second-order valence-corrected chi connectivity index (χ2v) is 11.2. The minimum Gasteiger partial charge on any atom is -0.424 e. The van der Waals surface area contributed by atoms with E-state index in [9.17, 15) is 9.59 Å². The molecule has 0 aliphatic carbocycles. The maximum atomic E-state index is 12.6. The van der Waals surface area contributed by atoms with Crippen LogP contribution < -0.4 is 21.7 Å². The molecule has 4 aromatic heterocycles. The van der Waals surface area contributed by atoms with Crippen molar-refractivity contribution >= 4 is 57.4 Å². The molecule has 0 spiro atoms. The Labute approximate surface area is 279 Å². The maximum absolute atomic E-state index is 12.6. The van der Waals surface area contributed by atoms with Crippen molar-refractivity contribution in [3.8, 4) is 11.3 Å². The van der Waals surface area contributed by atoms with Crippen LogP contribution in [0.2, 0.25) is 0 Å². The summed E-state index contributed by atoms with van der Waals surface area (Å²) >= 11 is 0. The number of hydrogen-bond donors (Lipinski definition) is 3. The highest BCUT2D eigenvalue weighted by molar-refractivity contribution is 5.99. The van der Waals surface area contributed by atoms with Gasteiger partial charge in [-0.15, -0.1) is 0 Å². The summed E-state index contributed by atoms with van der Waals surface area (Å²) in [5, 5.41) is 11.8. The van der Waals surface area contributed by atoms with Crippen LogP contribution in [0.15, 0.2) is 46.5 Å². The van der Waals surface area contributed by atoms with Crippen LogP contribution in [0.25, 0.3) is 43.8 Å². The number of rotatable bonds is 14. The molecule has 254 valence electrons. The van der Waals surface area contributed by atoms with E-state index in [-0.39, 0.29) is 43.9 Å². The normalized spacial score (nSPS) is 13.1. The molecule has 49 heavy (non-hydrogen) atoms. The van der Waals surface area contributed by atoms with Crippen LogP contribution in [-0.4, -0.2) is 97.4 Å². The molecular formula is C30H35N15O4. The highest BCUT2D eigenvalue weighted by atomic mass is 16.5. The molecule has 1 aromatic carbocycles. The first-order valence-electron chi connectivity index (χ1n) is 15.8. The van der Waals surface area contributed by atoms with Crippen LogP contribution >= 0.6 is 0 Å². The predicted molar refractivity (Wildman–Crippen MR) is 179 cm³/mol. The fourth-order valence-electron chi connectivity index (χ4n) is 5.51. The van der Waals surface area contributed by atoms with Crippen molar-refractivity contribution in [2.24, 2.45) is 5.11 Å². The third kappa shape index (κ3) is 7.91. The lowest BCUT2D eigenvalue weighted by Crippen LogP contribution is -2.49. The number of aromatic nitrogens is 7. The molecule has 0 saturated carbocycles. The van der Waals surface area contributed by atoms with E-state index in [1.165, 1.54) is 18.7 Å². The van der Waals surface area contributed by atoms with Gasteiger partial charge in [0.1, 0.15) is 23.4 Å². The molecule has 0 radical (unpaired) electrons. The number of piperazine rings is 1. The summed E-state index contributed by atoms with van der Waals surface area (Å²) in [7, 11) is 0. The molecule has 1 aliphatic heterocycles. The lowest BCUT2D eigenvalue weighted by molar-refractivity contribution is -0.132. The van der Waals surface area contributed by atoms with Crippen LogP contribution in [0.4, 0.5) is 23.5 Å². The van der Waals surface area contributed by atoms with Crippen molar-refractivity contribution in [3.05, 3.63) is 47.4 Å². The Morgan fingerprint density at radius 1 is 1.04 bits per heavy atom. The Hall–Kier alpha value is -6.07. The summed E-state index contributed by atoms with van der Waals surface area (Å²) in [5.41, 5.74) is 24.0. The first-order valence-corrected chi connectivity index (χ1v) is 15.8. The Balaban J connectivity index is 0.871. The largest absolute Gasteiger partial charge is 0.424 e. The van der Waals surface area contributed by atoms with Crippen molar-refractivity contribution < 1.29 is 18.7 Å². The summed E-state index contributed by atoms with van der Waals surface area (Å²) in [5.74, 6) is 0.730. The van der Waals surface area contributed by atoms with E-state index in [0.717, 1.165) is 18.4 Å². The number of anilines is 3. The van der Waals surface area contributed by atoms with Gasteiger partial charge in [-0.3, -0.25) is 9.59 Å². The molecule has 6 rings (SSSR count). The Morgan fingerprint density at radius 3 is 2.63 bits per heavy atom.